The molecule has 1 nitrogen and oxygen atoms in total. The number of fused-ring (bicyclic) bond motifs is 2. The van der Waals surface area contributed by atoms with Crippen LogP contribution in [0.3, 0.4) is 0 Å². The van der Waals surface area contributed by atoms with Gasteiger partial charge in [0.1, 0.15) is 0 Å². The van der Waals surface area contributed by atoms with Crippen molar-refractivity contribution >= 4 is 38.6 Å². The van der Waals surface area contributed by atoms with Crippen LogP contribution in [0.1, 0.15) is 5.48 Å². The van der Waals surface area contributed by atoms with E-state index in [0.717, 1.165) is 72.0 Å². The number of benzene rings is 12. The van der Waals surface area contributed by atoms with Crippen LogP contribution in [0.25, 0.3) is 99.4 Å². The number of nitrogens with zero attached hydrogens (tertiary/aromatic N) is 1. The summed E-state index contributed by atoms with van der Waals surface area (Å²) in [4.78, 5) is 1.87. The van der Waals surface area contributed by atoms with Crippen LogP contribution in [0.15, 0.2) is 285 Å². The van der Waals surface area contributed by atoms with Crippen LogP contribution in [0, 0.1) is 0 Å². The summed E-state index contributed by atoms with van der Waals surface area (Å²) < 4.78 is 39.1. The Balaban J connectivity index is 0.999. The fourth-order valence-corrected chi connectivity index (χ4v) is 9.76. The van der Waals surface area contributed by atoms with Gasteiger partial charge < -0.3 is 4.90 Å². The number of hydrogen-bond acceptors (Lipinski definition) is 1. The molecule has 12 aromatic carbocycles. The molecule has 69 heavy (non-hydrogen) atoms. The van der Waals surface area contributed by atoms with Gasteiger partial charge in [-0.05, 0) is 148 Å². The third-order valence-electron chi connectivity index (χ3n) is 13.2. The largest absolute Gasteiger partial charge is 0.311 e. The van der Waals surface area contributed by atoms with Gasteiger partial charge in [-0.15, -0.1) is 0 Å². The van der Waals surface area contributed by atoms with E-state index in [-0.39, 0.29) is 35.4 Å². The molecule has 1 heteroatoms. The zero-order valence-corrected chi connectivity index (χ0v) is 37.8. The molecule has 0 saturated heterocycles. The first-order chi connectivity index (χ1) is 35.9. The van der Waals surface area contributed by atoms with Crippen LogP contribution < -0.4 is 4.90 Å². The first-order valence-electron chi connectivity index (χ1n) is 25.4. The Hall–Kier alpha value is -9.04. The van der Waals surface area contributed by atoms with E-state index < -0.39 is 0 Å². The zero-order valence-electron chi connectivity index (χ0n) is 41.8. The molecule has 0 aliphatic rings. The van der Waals surface area contributed by atoms with Crippen LogP contribution >= 0.6 is 0 Å². The summed E-state index contributed by atoms with van der Waals surface area (Å²) in [5.41, 5.74) is 15.1. The molecule has 0 unspecified atom stereocenters. The van der Waals surface area contributed by atoms with Crippen LogP contribution in [0.4, 0.5) is 17.1 Å². The molecular formula is C68H47N. The molecule has 0 aliphatic heterocycles. The lowest BCUT2D eigenvalue weighted by molar-refractivity contribution is 1.28. The molecule has 0 bridgehead atoms. The molecule has 0 radical (unpaired) electrons. The summed E-state index contributed by atoms with van der Waals surface area (Å²) in [7, 11) is 0. The lowest BCUT2D eigenvalue weighted by Gasteiger charge is -2.26. The van der Waals surface area contributed by atoms with E-state index in [1.807, 2.05) is 89.8 Å². The highest BCUT2D eigenvalue weighted by molar-refractivity contribution is 6.04. The first kappa shape index (κ1) is 37.1. The number of anilines is 3. The lowest BCUT2D eigenvalue weighted by atomic mass is 9.89. The van der Waals surface area contributed by atoms with Crippen molar-refractivity contribution in [2.24, 2.45) is 0 Å². The minimum atomic E-state index is -0.138. The second kappa shape index (κ2) is 18.3. The van der Waals surface area contributed by atoms with Crippen molar-refractivity contribution in [1.29, 1.82) is 0 Å². The first-order valence-corrected chi connectivity index (χ1v) is 23.4. The van der Waals surface area contributed by atoms with Gasteiger partial charge in [-0.2, -0.15) is 0 Å². The molecule has 0 N–H and O–H groups in total. The number of rotatable bonds is 10. The fourth-order valence-electron chi connectivity index (χ4n) is 9.76. The van der Waals surface area contributed by atoms with Gasteiger partial charge in [0.2, 0.25) is 0 Å². The van der Waals surface area contributed by atoms with Gasteiger partial charge >= 0.3 is 0 Å². The molecule has 0 heterocycles. The van der Waals surface area contributed by atoms with E-state index in [0.29, 0.717) is 16.9 Å². The van der Waals surface area contributed by atoms with E-state index >= 15 is 0 Å². The summed E-state index contributed by atoms with van der Waals surface area (Å²) >= 11 is 0. The molecule has 0 fully saturated rings. The minimum Gasteiger partial charge on any atom is -0.311 e. The van der Waals surface area contributed by atoms with Crippen molar-refractivity contribution in [2.75, 3.05) is 4.90 Å². The van der Waals surface area contributed by atoms with Crippen molar-refractivity contribution in [3.63, 3.8) is 0 Å². The lowest BCUT2D eigenvalue weighted by Crippen LogP contribution is -2.09. The van der Waals surface area contributed by atoms with Gasteiger partial charge in [0.05, 0.1) is 5.48 Å². The molecule has 0 amide bonds. The van der Waals surface area contributed by atoms with E-state index in [1.165, 1.54) is 16.3 Å². The molecule has 12 aromatic rings. The van der Waals surface area contributed by atoms with Gasteiger partial charge in [0.25, 0.3) is 0 Å². The summed E-state index contributed by atoms with van der Waals surface area (Å²) in [5, 5.41) is 4.66. The normalized spacial score (nSPS) is 12.0. The maximum Gasteiger partial charge on any atom is 0.0645 e. The highest BCUT2D eigenvalue weighted by Crippen LogP contribution is 2.43. The van der Waals surface area contributed by atoms with Gasteiger partial charge in [-0.1, -0.05) is 237 Å². The van der Waals surface area contributed by atoms with E-state index in [4.69, 9.17) is 0 Å². The van der Waals surface area contributed by atoms with Crippen molar-refractivity contribution < 1.29 is 5.48 Å². The van der Waals surface area contributed by atoms with Crippen LogP contribution in [-0.2, 0) is 0 Å². The molecule has 12 rings (SSSR count). The predicted molar refractivity (Wildman–Crippen MR) is 294 cm³/mol. The Morgan fingerprint density at radius 2 is 0.696 bits per heavy atom. The molecule has 0 aromatic heterocycles. The summed E-state index contributed by atoms with van der Waals surface area (Å²) in [6, 6.07) is 88.9. The maximum absolute atomic E-state index is 9.84. The van der Waals surface area contributed by atoms with Gasteiger partial charge in [-0.25, -0.2) is 0 Å². The Morgan fingerprint density at radius 3 is 1.36 bits per heavy atom. The fraction of sp³-hybridized carbons (Fsp3) is 0. The van der Waals surface area contributed by atoms with Gasteiger partial charge in [-0.3, -0.25) is 0 Å². The topological polar surface area (TPSA) is 3.24 Å². The Morgan fingerprint density at radius 1 is 0.232 bits per heavy atom. The molecule has 324 valence electrons. The maximum atomic E-state index is 9.84. The predicted octanol–water partition coefficient (Wildman–Crippen LogP) is 19.1. The highest BCUT2D eigenvalue weighted by Gasteiger charge is 2.18. The third-order valence-corrected chi connectivity index (χ3v) is 13.2. The van der Waals surface area contributed by atoms with Crippen molar-refractivity contribution in [3.8, 4) is 77.9 Å². The quantitative estimate of drug-likeness (QED) is 0.132. The molecule has 0 aliphatic carbocycles. The molecule has 0 spiro atoms. The summed E-state index contributed by atoms with van der Waals surface area (Å²) in [6.45, 7) is 0. The molecule has 0 saturated carbocycles. The monoisotopic (exact) mass is 881 g/mol. The third kappa shape index (κ3) is 8.18. The van der Waals surface area contributed by atoms with Crippen molar-refractivity contribution in [3.05, 3.63) is 285 Å². The van der Waals surface area contributed by atoms with E-state index in [9.17, 15) is 5.48 Å². The Labute approximate surface area is 410 Å². The van der Waals surface area contributed by atoms with E-state index in [1.54, 1.807) is 0 Å². The second-order valence-electron chi connectivity index (χ2n) is 17.3. The highest BCUT2D eigenvalue weighted by atomic mass is 15.1. The Kier molecular flexibility index (Phi) is 9.85. The number of hydrogen-bond donors (Lipinski definition) is 0. The summed E-state index contributed by atoms with van der Waals surface area (Å²) in [5.74, 6) is 0. The average Bonchev–Trinajstić information content (AvgIpc) is 3.46. The van der Waals surface area contributed by atoms with Crippen LogP contribution in [-0.4, -0.2) is 0 Å². The van der Waals surface area contributed by atoms with Crippen LogP contribution in [0.2, 0.25) is 0 Å². The molecule has 0 atom stereocenters. The van der Waals surface area contributed by atoms with Crippen molar-refractivity contribution in [1.82, 2.24) is 0 Å². The SMILES string of the molecule is [2H]c1c([2H])c(N(c2ccc(-c3cccc(-c4cccc5ccccc45)c3)cc2)c2ccc(-c3c(-c4ccccc4)ccc4ccccc34)cc2)c([2H])c([2H])c1-c1ccc(-c2ccccc2)c(-c2ccccc2)c1. The zero-order chi connectivity index (χ0) is 49.4. The smallest absolute Gasteiger partial charge is 0.0645 e. The second-order valence-corrected chi connectivity index (χ2v) is 17.3. The average molecular weight is 882 g/mol. The summed E-state index contributed by atoms with van der Waals surface area (Å²) in [6.07, 6.45) is 0. The Bertz CT molecular complexity index is 3950. The van der Waals surface area contributed by atoms with Crippen LogP contribution in [0.5, 0.6) is 0 Å². The van der Waals surface area contributed by atoms with Gasteiger partial charge in [0, 0.05) is 17.1 Å². The molecular weight excluding hydrogens is 831 g/mol. The minimum absolute atomic E-state index is 0.116. The standard InChI is InChI=1S/C68H47N/c1-4-16-50(17-5-1)64-44-37-57(47-67(64)53-20-8-3-9-21-53)49-32-40-60(41-33-49)69(59-38-30-48(31-39-59)56-25-14-26-58(46-56)63-29-15-24-51-22-10-12-27-62(51)63)61-42-34-55(35-43-61)68-65-28-13-11-23-54(65)36-45-66(68)52-18-6-2-7-19-52/h1-47H/i32D,33D,40D,41D. The van der Waals surface area contributed by atoms with Gasteiger partial charge in [0.15, 0.2) is 0 Å². The van der Waals surface area contributed by atoms with Crippen molar-refractivity contribution in [2.45, 2.75) is 0 Å². The van der Waals surface area contributed by atoms with E-state index in [2.05, 4.69) is 176 Å².